The molecule has 0 radical (unpaired) electrons. The molecule has 2 heterocycles. The molecule has 6 rings (SSSR count). The van der Waals surface area contributed by atoms with Gasteiger partial charge in [0.1, 0.15) is 11.6 Å². The van der Waals surface area contributed by atoms with E-state index < -0.39 is 5.76 Å². The van der Waals surface area contributed by atoms with Crippen molar-refractivity contribution in [2.75, 3.05) is 0 Å². The van der Waals surface area contributed by atoms with Gasteiger partial charge in [0.05, 0.1) is 23.6 Å². The Hall–Kier alpha value is -3.12. The first-order chi connectivity index (χ1) is 21.9. The molecule has 0 spiro atoms. The number of aliphatic hydroxyl groups excluding tert-OH is 1. The van der Waals surface area contributed by atoms with Crippen molar-refractivity contribution in [3.8, 4) is 34.0 Å². The van der Waals surface area contributed by atoms with E-state index in [1.165, 1.54) is 0 Å². The summed E-state index contributed by atoms with van der Waals surface area (Å²) >= 11 is 0. The molecule has 3 aromatic carbocycles. The second-order valence-corrected chi connectivity index (χ2v) is 11.6. The number of benzene rings is 3. The number of hydrogen-bond donors (Lipinski definition) is 2. The molecule has 1 aliphatic rings. The van der Waals surface area contributed by atoms with Gasteiger partial charge in [-0.05, 0) is 73.1 Å². The summed E-state index contributed by atoms with van der Waals surface area (Å²) in [6, 6.07) is 23.4. The predicted molar refractivity (Wildman–Crippen MR) is 174 cm³/mol. The fourth-order valence-corrected chi connectivity index (χ4v) is 6.10. The van der Waals surface area contributed by atoms with Gasteiger partial charge >= 0.3 is 57.1 Å². The second-order valence-electron chi connectivity index (χ2n) is 11.6. The van der Waals surface area contributed by atoms with Crippen molar-refractivity contribution in [2.45, 2.75) is 77.4 Å². The zero-order valence-corrected chi connectivity index (χ0v) is 29.8. The van der Waals surface area contributed by atoms with Crippen LogP contribution in [0.5, 0.6) is 5.75 Å². The minimum absolute atomic E-state index is 0. The van der Waals surface area contributed by atoms with Crippen molar-refractivity contribution < 1.29 is 67.2 Å². The third kappa shape index (κ3) is 7.70. The Balaban J connectivity index is 0.00000250. The molecule has 10 heteroatoms. The molecule has 0 aliphatic heterocycles. The SMILES string of the molecule is CCCc1nc(CC)n(-c2ccc(OC3CCC(O)CC3)cc2)c(=O)c1Cc1ccc(-c2ccccc2-c2noc(=O)[nH]2)cc1.[H-].[K+]. The van der Waals surface area contributed by atoms with Crippen LogP contribution in [-0.2, 0) is 19.3 Å². The van der Waals surface area contributed by atoms with E-state index in [2.05, 4.69) is 17.1 Å². The van der Waals surface area contributed by atoms with Crippen LogP contribution in [0.2, 0.25) is 0 Å². The van der Waals surface area contributed by atoms with Crippen molar-refractivity contribution in [1.29, 1.82) is 0 Å². The normalized spacial score (nSPS) is 16.2. The van der Waals surface area contributed by atoms with Crippen LogP contribution < -0.4 is 67.4 Å². The molecule has 9 nitrogen and oxygen atoms in total. The van der Waals surface area contributed by atoms with E-state index in [9.17, 15) is 14.7 Å². The average molecular weight is 647 g/mol. The van der Waals surface area contributed by atoms with Gasteiger partial charge < -0.3 is 11.3 Å². The van der Waals surface area contributed by atoms with Gasteiger partial charge in [-0.15, -0.1) is 0 Å². The number of aromatic nitrogens is 4. The summed E-state index contributed by atoms with van der Waals surface area (Å²) in [5.74, 6) is 1.27. The Morgan fingerprint density at radius 2 is 1.65 bits per heavy atom. The van der Waals surface area contributed by atoms with Crippen LogP contribution in [0.25, 0.3) is 28.2 Å². The fourth-order valence-electron chi connectivity index (χ4n) is 6.10. The first-order valence-corrected chi connectivity index (χ1v) is 15.8. The number of H-pyrrole nitrogens is 1. The largest absolute Gasteiger partial charge is 1.00 e. The summed E-state index contributed by atoms with van der Waals surface area (Å²) in [5.41, 5.74) is 5.88. The first-order valence-electron chi connectivity index (χ1n) is 15.8. The van der Waals surface area contributed by atoms with Crippen molar-refractivity contribution >= 4 is 0 Å². The molecule has 5 aromatic rings. The number of nitrogens with one attached hydrogen (secondary N) is 1. The van der Waals surface area contributed by atoms with Gasteiger partial charge in [-0.25, -0.2) is 9.78 Å². The van der Waals surface area contributed by atoms with Crippen LogP contribution in [0.3, 0.4) is 0 Å². The molecule has 1 aliphatic carbocycles. The maximum atomic E-state index is 14.2. The molecule has 2 N–H and O–H groups in total. The second kappa shape index (κ2) is 15.6. The van der Waals surface area contributed by atoms with E-state index in [0.29, 0.717) is 24.2 Å². The molecule has 0 atom stereocenters. The summed E-state index contributed by atoms with van der Waals surface area (Å²) in [6.07, 6.45) is 5.76. The maximum absolute atomic E-state index is 14.2. The van der Waals surface area contributed by atoms with Crippen molar-refractivity contribution in [3.63, 3.8) is 0 Å². The van der Waals surface area contributed by atoms with Crippen molar-refractivity contribution in [3.05, 3.63) is 116 Å². The number of aromatic amines is 1. The summed E-state index contributed by atoms with van der Waals surface area (Å²) in [7, 11) is 0. The molecule has 2 aromatic heterocycles. The standard InChI is InChI=1S/C36H38N4O5.K.H/c1-3-7-32-31(22-23-10-12-24(13-11-23)29-8-5-6-9-30(29)34-38-36(43)45-39-34)35(42)40(33(4-2)37-32)25-14-18-27(19-15-25)44-28-20-16-26(41)17-21-28;;/h5-6,8-15,18-19,26,28,41H,3-4,7,16-17,20-22H2,1-2H3,(H,38,39,43);;/q;+1;-1. The van der Waals surface area contributed by atoms with Crippen LogP contribution in [0.4, 0.5) is 0 Å². The number of hydrogen-bond acceptors (Lipinski definition) is 7. The van der Waals surface area contributed by atoms with Gasteiger partial charge in [0.25, 0.3) is 5.56 Å². The summed E-state index contributed by atoms with van der Waals surface area (Å²) in [5, 5.41) is 13.7. The summed E-state index contributed by atoms with van der Waals surface area (Å²) < 4.78 is 12.6. The van der Waals surface area contributed by atoms with Gasteiger partial charge in [-0.2, -0.15) is 0 Å². The minimum Gasteiger partial charge on any atom is -1.00 e. The minimum atomic E-state index is -0.600. The molecule has 0 bridgehead atoms. The number of rotatable bonds is 10. The van der Waals surface area contributed by atoms with Crippen LogP contribution in [-0.4, -0.2) is 37.0 Å². The number of aryl methyl sites for hydroxylation is 2. The van der Waals surface area contributed by atoms with Crippen LogP contribution in [0.1, 0.15) is 70.0 Å². The van der Waals surface area contributed by atoms with Crippen molar-refractivity contribution in [2.24, 2.45) is 0 Å². The number of ether oxygens (including phenoxy) is 1. The van der Waals surface area contributed by atoms with E-state index in [4.69, 9.17) is 14.2 Å². The topological polar surface area (TPSA) is 123 Å². The number of nitrogens with zero attached hydrogens (tertiary/aromatic N) is 3. The van der Waals surface area contributed by atoms with E-state index in [1.54, 1.807) is 4.57 Å². The van der Waals surface area contributed by atoms with Crippen LogP contribution in [0, 0.1) is 0 Å². The molecule has 1 fully saturated rings. The van der Waals surface area contributed by atoms with Gasteiger partial charge in [0.2, 0.25) is 0 Å². The monoisotopic (exact) mass is 646 g/mol. The van der Waals surface area contributed by atoms with E-state index in [0.717, 1.165) is 83.7 Å². The van der Waals surface area contributed by atoms with Crippen LogP contribution >= 0.6 is 0 Å². The smallest absolute Gasteiger partial charge is 1.00 e. The zero-order valence-electron chi connectivity index (χ0n) is 27.7. The van der Waals surface area contributed by atoms with E-state index >= 15 is 0 Å². The predicted octanol–water partition coefficient (Wildman–Crippen LogP) is 3.15. The molecule has 1 saturated carbocycles. The van der Waals surface area contributed by atoms with Gasteiger partial charge in [-0.3, -0.25) is 18.9 Å². The Morgan fingerprint density at radius 1 is 0.957 bits per heavy atom. The summed E-state index contributed by atoms with van der Waals surface area (Å²) in [6.45, 7) is 4.12. The Labute approximate surface area is 312 Å². The quantitative estimate of drug-likeness (QED) is 0.224. The van der Waals surface area contributed by atoms with Crippen molar-refractivity contribution in [1.82, 2.24) is 19.7 Å². The Morgan fingerprint density at radius 3 is 2.28 bits per heavy atom. The molecule has 0 unspecified atom stereocenters. The third-order valence-electron chi connectivity index (χ3n) is 8.44. The van der Waals surface area contributed by atoms with E-state index in [-0.39, 0.29) is 70.6 Å². The molecule has 234 valence electrons. The fraction of sp³-hybridized carbons (Fsp3) is 0.333. The van der Waals surface area contributed by atoms with Gasteiger partial charge in [-0.1, -0.05) is 74.0 Å². The molecular formula is C36H39KN4O5. The van der Waals surface area contributed by atoms with Gasteiger partial charge in [0.15, 0.2) is 5.82 Å². The molecule has 0 saturated heterocycles. The zero-order chi connectivity index (χ0) is 31.3. The molecular weight excluding hydrogens is 608 g/mol. The average Bonchev–Trinajstić information content (AvgIpc) is 3.50. The third-order valence-corrected chi connectivity index (χ3v) is 8.44. The maximum Gasteiger partial charge on any atom is 1.00 e. The molecule has 46 heavy (non-hydrogen) atoms. The Bertz CT molecular complexity index is 1880. The van der Waals surface area contributed by atoms with Gasteiger partial charge in [0, 0.05) is 24.0 Å². The van der Waals surface area contributed by atoms with Crippen LogP contribution in [0.15, 0.2) is 86.9 Å². The molecule has 0 amide bonds. The van der Waals surface area contributed by atoms with E-state index in [1.807, 2.05) is 79.7 Å². The number of aliphatic hydroxyl groups is 1. The Kier molecular flexibility index (Phi) is 11.6. The summed E-state index contributed by atoms with van der Waals surface area (Å²) in [4.78, 5) is 33.4. The first kappa shape index (κ1) is 34.2.